The van der Waals surface area contributed by atoms with Crippen LogP contribution in [0.3, 0.4) is 0 Å². The van der Waals surface area contributed by atoms with Gasteiger partial charge in [-0.1, -0.05) is 78.7 Å². The van der Waals surface area contributed by atoms with Crippen LogP contribution >= 0.6 is 23.2 Å². The predicted molar refractivity (Wildman–Crippen MR) is 136 cm³/mol. The summed E-state index contributed by atoms with van der Waals surface area (Å²) >= 11 is 12.5. The molecule has 3 rings (SSSR count). The standard InChI is InChI=1S/C27H28Cl2N2O3/c1-3-19-9-13-23(14-10-19)34-18-26(32)31(17-21-11-12-22(28)16-24(21)29)25(27(33)30-2)15-20-7-5-4-6-8-20/h4-14,16,25H,3,15,17-18H2,1-2H3,(H,30,33). The molecule has 0 fully saturated rings. The number of halogens is 2. The highest BCUT2D eigenvalue weighted by atomic mass is 35.5. The van der Waals surface area contributed by atoms with E-state index < -0.39 is 6.04 Å². The SMILES string of the molecule is CCc1ccc(OCC(=O)N(Cc2ccc(Cl)cc2Cl)C(Cc2ccccc2)C(=O)NC)cc1. The van der Waals surface area contributed by atoms with Gasteiger partial charge in [-0.05, 0) is 47.4 Å². The van der Waals surface area contributed by atoms with Crippen LogP contribution in [0.2, 0.25) is 10.0 Å². The number of nitrogens with one attached hydrogen (secondary N) is 1. The first-order valence-corrected chi connectivity index (χ1v) is 11.9. The number of carbonyl (C=O) groups is 2. The molecule has 0 aliphatic heterocycles. The van der Waals surface area contributed by atoms with E-state index in [1.807, 2.05) is 54.6 Å². The van der Waals surface area contributed by atoms with Crippen LogP contribution in [0, 0.1) is 0 Å². The third-order valence-electron chi connectivity index (χ3n) is 5.57. The van der Waals surface area contributed by atoms with Crippen molar-refractivity contribution in [2.45, 2.75) is 32.4 Å². The number of aryl methyl sites for hydroxylation is 1. The average Bonchev–Trinajstić information content (AvgIpc) is 2.86. The second-order valence-corrected chi connectivity index (χ2v) is 8.71. The molecule has 0 radical (unpaired) electrons. The lowest BCUT2D eigenvalue weighted by Crippen LogP contribution is -2.51. The summed E-state index contributed by atoms with van der Waals surface area (Å²) in [5.41, 5.74) is 2.81. The normalized spacial score (nSPS) is 11.5. The first kappa shape index (κ1) is 25.6. The summed E-state index contributed by atoms with van der Waals surface area (Å²) in [4.78, 5) is 27.9. The lowest BCUT2D eigenvalue weighted by Gasteiger charge is -2.31. The largest absolute Gasteiger partial charge is 0.484 e. The molecule has 0 saturated heterocycles. The second-order valence-electron chi connectivity index (χ2n) is 7.86. The Balaban J connectivity index is 1.88. The molecule has 1 atom stereocenters. The van der Waals surface area contributed by atoms with Crippen molar-refractivity contribution in [2.75, 3.05) is 13.7 Å². The van der Waals surface area contributed by atoms with Gasteiger partial charge < -0.3 is 15.0 Å². The number of benzene rings is 3. The summed E-state index contributed by atoms with van der Waals surface area (Å²) in [6.07, 6.45) is 1.27. The minimum Gasteiger partial charge on any atom is -0.484 e. The Hall–Kier alpha value is -3.02. The fourth-order valence-electron chi connectivity index (χ4n) is 3.60. The highest BCUT2D eigenvalue weighted by Gasteiger charge is 2.30. The monoisotopic (exact) mass is 498 g/mol. The van der Waals surface area contributed by atoms with Crippen LogP contribution in [0.15, 0.2) is 72.8 Å². The Bertz CT molecular complexity index is 1100. The maximum atomic E-state index is 13.4. The number of rotatable bonds is 10. The van der Waals surface area contributed by atoms with Crippen molar-refractivity contribution < 1.29 is 14.3 Å². The average molecular weight is 499 g/mol. The van der Waals surface area contributed by atoms with Gasteiger partial charge in [-0.15, -0.1) is 0 Å². The van der Waals surface area contributed by atoms with Crippen LogP contribution < -0.4 is 10.1 Å². The molecule has 0 spiro atoms. The van der Waals surface area contributed by atoms with Crippen molar-refractivity contribution in [3.05, 3.63) is 99.5 Å². The van der Waals surface area contributed by atoms with E-state index in [1.165, 1.54) is 10.5 Å². The molecule has 5 nitrogen and oxygen atoms in total. The van der Waals surface area contributed by atoms with Crippen LogP contribution in [0.25, 0.3) is 0 Å². The number of likely N-dealkylation sites (N-methyl/N-ethyl adjacent to an activating group) is 1. The van der Waals surface area contributed by atoms with E-state index in [-0.39, 0.29) is 25.0 Å². The highest BCUT2D eigenvalue weighted by molar-refractivity contribution is 6.35. The molecule has 3 aromatic carbocycles. The van der Waals surface area contributed by atoms with Gasteiger partial charge in [0, 0.05) is 30.1 Å². The summed E-state index contributed by atoms with van der Waals surface area (Å²) < 4.78 is 5.77. The van der Waals surface area contributed by atoms with Gasteiger partial charge >= 0.3 is 0 Å². The van der Waals surface area contributed by atoms with Crippen molar-refractivity contribution in [3.63, 3.8) is 0 Å². The van der Waals surface area contributed by atoms with Crippen LogP contribution in [0.4, 0.5) is 0 Å². The quantitative estimate of drug-likeness (QED) is 0.411. The Morgan fingerprint density at radius 2 is 1.68 bits per heavy atom. The van der Waals surface area contributed by atoms with Crippen molar-refractivity contribution in [1.82, 2.24) is 10.2 Å². The zero-order valence-corrected chi connectivity index (χ0v) is 20.8. The third-order valence-corrected chi connectivity index (χ3v) is 6.15. The highest BCUT2D eigenvalue weighted by Crippen LogP contribution is 2.24. The molecular formula is C27H28Cl2N2O3. The van der Waals surface area contributed by atoms with E-state index in [1.54, 1.807) is 25.2 Å². The second kappa shape index (κ2) is 12.4. The minimum atomic E-state index is -0.752. The Kier molecular flexibility index (Phi) is 9.37. The molecule has 0 saturated carbocycles. The van der Waals surface area contributed by atoms with Gasteiger partial charge in [0.2, 0.25) is 5.91 Å². The van der Waals surface area contributed by atoms with Gasteiger partial charge in [-0.3, -0.25) is 9.59 Å². The first-order valence-electron chi connectivity index (χ1n) is 11.1. The fourth-order valence-corrected chi connectivity index (χ4v) is 4.07. The zero-order valence-electron chi connectivity index (χ0n) is 19.3. The minimum absolute atomic E-state index is 0.137. The molecule has 2 amide bonds. The lowest BCUT2D eigenvalue weighted by atomic mass is 10.0. The fraction of sp³-hybridized carbons (Fsp3) is 0.259. The van der Waals surface area contributed by atoms with Gasteiger partial charge in [0.15, 0.2) is 6.61 Å². The van der Waals surface area contributed by atoms with Crippen LogP contribution in [-0.2, 0) is 29.0 Å². The molecule has 1 N–H and O–H groups in total. The number of carbonyl (C=O) groups excluding carboxylic acids is 2. The molecular weight excluding hydrogens is 471 g/mol. The molecule has 0 heterocycles. The third kappa shape index (κ3) is 6.99. The summed E-state index contributed by atoms with van der Waals surface area (Å²) in [6, 6.07) is 21.5. The molecule has 34 heavy (non-hydrogen) atoms. The summed E-state index contributed by atoms with van der Waals surface area (Å²) in [5, 5.41) is 3.61. The topological polar surface area (TPSA) is 58.6 Å². The van der Waals surface area contributed by atoms with E-state index in [4.69, 9.17) is 27.9 Å². The number of nitrogens with zero attached hydrogens (tertiary/aromatic N) is 1. The van der Waals surface area contributed by atoms with Crippen LogP contribution in [0.1, 0.15) is 23.6 Å². The van der Waals surface area contributed by atoms with Crippen LogP contribution in [-0.4, -0.2) is 36.4 Å². The molecule has 3 aromatic rings. The lowest BCUT2D eigenvalue weighted by molar-refractivity contribution is -0.142. The van der Waals surface area contributed by atoms with E-state index in [2.05, 4.69) is 12.2 Å². The smallest absolute Gasteiger partial charge is 0.261 e. The molecule has 7 heteroatoms. The first-order chi connectivity index (χ1) is 16.4. The number of ether oxygens (including phenoxy) is 1. The molecule has 0 aliphatic rings. The number of hydrogen-bond acceptors (Lipinski definition) is 3. The van der Waals surface area contributed by atoms with Crippen molar-refractivity contribution in [2.24, 2.45) is 0 Å². The molecule has 1 unspecified atom stereocenters. The van der Waals surface area contributed by atoms with Crippen LogP contribution in [0.5, 0.6) is 5.75 Å². The molecule has 0 aliphatic carbocycles. The van der Waals surface area contributed by atoms with Gasteiger partial charge in [0.1, 0.15) is 11.8 Å². The van der Waals surface area contributed by atoms with E-state index in [0.29, 0.717) is 27.8 Å². The molecule has 0 aromatic heterocycles. The Morgan fingerprint density at radius 1 is 0.971 bits per heavy atom. The van der Waals surface area contributed by atoms with Crippen molar-refractivity contribution in [3.8, 4) is 5.75 Å². The van der Waals surface area contributed by atoms with Gasteiger partial charge in [-0.25, -0.2) is 0 Å². The Labute approximate surface area is 210 Å². The molecule has 178 valence electrons. The van der Waals surface area contributed by atoms with E-state index in [9.17, 15) is 9.59 Å². The van der Waals surface area contributed by atoms with Gasteiger partial charge in [0.05, 0.1) is 0 Å². The van der Waals surface area contributed by atoms with Gasteiger partial charge in [0.25, 0.3) is 5.91 Å². The summed E-state index contributed by atoms with van der Waals surface area (Å²) in [7, 11) is 1.56. The summed E-state index contributed by atoms with van der Waals surface area (Å²) in [5.74, 6) is -0.000665. The van der Waals surface area contributed by atoms with E-state index in [0.717, 1.165) is 12.0 Å². The van der Waals surface area contributed by atoms with Crippen molar-refractivity contribution >= 4 is 35.0 Å². The number of amides is 2. The zero-order chi connectivity index (χ0) is 24.5. The molecule has 0 bridgehead atoms. The Morgan fingerprint density at radius 3 is 2.29 bits per heavy atom. The van der Waals surface area contributed by atoms with E-state index >= 15 is 0 Å². The van der Waals surface area contributed by atoms with Gasteiger partial charge in [-0.2, -0.15) is 0 Å². The number of hydrogen-bond donors (Lipinski definition) is 1. The van der Waals surface area contributed by atoms with Crippen molar-refractivity contribution in [1.29, 1.82) is 0 Å². The summed E-state index contributed by atoms with van der Waals surface area (Å²) in [6.45, 7) is 2.00. The maximum Gasteiger partial charge on any atom is 0.261 e. The maximum absolute atomic E-state index is 13.4. The predicted octanol–water partition coefficient (Wildman–Crippen LogP) is 5.32.